The first kappa shape index (κ1) is 15.8. The van der Waals surface area contributed by atoms with Crippen molar-refractivity contribution < 1.29 is 18.7 Å². The fourth-order valence-electron chi connectivity index (χ4n) is 2.54. The maximum atomic E-state index is 13.8. The van der Waals surface area contributed by atoms with E-state index in [2.05, 4.69) is 5.32 Å². The van der Waals surface area contributed by atoms with Crippen LogP contribution in [0.15, 0.2) is 18.2 Å². The van der Waals surface area contributed by atoms with Crippen LogP contribution in [0.25, 0.3) is 0 Å². The predicted octanol–water partition coefficient (Wildman–Crippen LogP) is 3.23. The molecular formula is C16H22FNO3. The molecule has 0 unspecified atom stereocenters. The molecule has 1 aromatic carbocycles. The van der Waals surface area contributed by atoms with E-state index in [0.717, 1.165) is 12.8 Å². The highest BCUT2D eigenvalue weighted by atomic mass is 19.1. The van der Waals surface area contributed by atoms with Crippen molar-refractivity contribution in [3.63, 3.8) is 0 Å². The van der Waals surface area contributed by atoms with E-state index in [1.54, 1.807) is 13.0 Å². The molecule has 1 fully saturated rings. The standard InChI is InChI=1S/C16H22FNO3/c1-3-21-15-5-4-13(10-14(15)17)18-16(19)11(2)12-6-8-20-9-7-12/h4-5,10-12H,3,6-9H2,1-2H3,(H,18,19)/t11-/m1/s1. The topological polar surface area (TPSA) is 47.6 Å². The summed E-state index contributed by atoms with van der Waals surface area (Å²) in [7, 11) is 0. The number of hydrogen-bond donors (Lipinski definition) is 1. The van der Waals surface area contributed by atoms with Crippen LogP contribution in [-0.2, 0) is 9.53 Å². The monoisotopic (exact) mass is 295 g/mol. The Hall–Kier alpha value is -1.62. The van der Waals surface area contributed by atoms with E-state index in [4.69, 9.17) is 9.47 Å². The van der Waals surface area contributed by atoms with Crippen molar-refractivity contribution in [3.8, 4) is 5.75 Å². The first-order valence-electron chi connectivity index (χ1n) is 7.42. The molecule has 0 aromatic heterocycles. The molecule has 1 N–H and O–H groups in total. The highest BCUT2D eigenvalue weighted by molar-refractivity contribution is 5.92. The third-order valence-electron chi connectivity index (χ3n) is 3.89. The molecular weight excluding hydrogens is 273 g/mol. The van der Waals surface area contributed by atoms with Crippen LogP contribution in [0.5, 0.6) is 5.75 Å². The molecule has 1 amide bonds. The first-order chi connectivity index (χ1) is 10.1. The van der Waals surface area contributed by atoms with Crippen LogP contribution in [0.4, 0.5) is 10.1 Å². The number of anilines is 1. The number of carbonyl (C=O) groups excluding carboxylic acids is 1. The van der Waals surface area contributed by atoms with E-state index in [-0.39, 0.29) is 17.6 Å². The Labute approximate surface area is 124 Å². The number of rotatable bonds is 5. The molecule has 1 atom stereocenters. The SMILES string of the molecule is CCOc1ccc(NC(=O)[C@H](C)C2CCOCC2)cc1F. The van der Waals surface area contributed by atoms with Gasteiger partial charge < -0.3 is 14.8 Å². The van der Waals surface area contributed by atoms with E-state index in [0.29, 0.717) is 31.4 Å². The van der Waals surface area contributed by atoms with Crippen LogP contribution in [0.2, 0.25) is 0 Å². The molecule has 1 saturated heterocycles. The van der Waals surface area contributed by atoms with E-state index >= 15 is 0 Å². The van der Waals surface area contributed by atoms with Crippen molar-refractivity contribution >= 4 is 11.6 Å². The number of halogens is 1. The normalized spacial score (nSPS) is 17.3. The maximum absolute atomic E-state index is 13.8. The highest BCUT2D eigenvalue weighted by Crippen LogP contribution is 2.26. The van der Waals surface area contributed by atoms with Crippen LogP contribution in [0.1, 0.15) is 26.7 Å². The second kappa shape index (κ2) is 7.41. The van der Waals surface area contributed by atoms with Crippen LogP contribution in [0.3, 0.4) is 0 Å². The van der Waals surface area contributed by atoms with Gasteiger partial charge in [0, 0.05) is 30.9 Å². The fourth-order valence-corrected chi connectivity index (χ4v) is 2.54. The van der Waals surface area contributed by atoms with Gasteiger partial charge in [-0.05, 0) is 37.8 Å². The molecule has 5 heteroatoms. The highest BCUT2D eigenvalue weighted by Gasteiger charge is 2.26. The second-order valence-electron chi connectivity index (χ2n) is 5.31. The largest absolute Gasteiger partial charge is 0.491 e. The lowest BCUT2D eigenvalue weighted by molar-refractivity contribution is -0.122. The van der Waals surface area contributed by atoms with Gasteiger partial charge in [-0.1, -0.05) is 6.92 Å². The minimum absolute atomic E-state index is 0.0783. The molecule has 4 nitrogen and oxygen atoms in total. The van der Waals surface area contributed by atoms with E-state index in [1.807, 2.05) is 6.92 Å². The molecule has 1 heterocycles. The Morgan fingerprint density at radius 2 is 2.19 bits per heavy atom. The first-order valence-corrected chi connectivity index (χ1v) is 7.42. The minimum atomic E-state index is -0.464. The van der Waals surface area contributed by atoms with Gasteiger partial charge in [-0.25, -0.2) is 4.39 Å². The summed E-state index contributed by atoms with van der Waals surface area (Å²) in [5.41, 5.74) is 0.458. The average molecular weight is 295 g/mol. The molecule has 1 aliphatic heterocycles. The number of ether oxygens (including phenoxy) is 2. The zero-order valence-electron chi connectivity index (χ0n) is 12.5. The molecule has 0 radical (unpaired) electrons. The molecule has 21 heavy (non-hydrogen) atoms. The minimum Gasteiger partial charge on any atom is -0.491 e. The Morgan fingerprint density at radius 1 is 1.48 bits per heavy atom. The Balaban J connectivity index is 1.96. The number of carbonyl (C=O) groups is 1. The molecule has 0 saturated carbocycles. The molecule has 0 aliphatic carbocycles. The Bertz CT molecular complexity index is 486. The summed E-state index contributed by atoms with van der Waals surface area (Å²) in [5, 5.41) is 2.77. The van der Waals surface area contributed by atoms with Gasteiger partial charge >= 0.3 is 0 Å². The van der Waals surface area contributed by atoms with Crippen molar-refractivity contribution in [2.45, 2.75) is 26.7 Å². The number of hydrogen-bond acceptors (Lipinski definition) is 3. The van der Waals surface area contributed by atoms with Gasteiger partial charge in [0.15, 0.2) is 11.6 Å². The third kappa shape index (κ3) is 4.17. The smallest absolute Gasteiger partial charge is 0.227 e. The lowest BCUT2D eigenvalue weighted by Gasteiger charge is -2.27. The van der Waals surface area contributed by atoms with Crippen LogP contribution < -0.4 is 10.1 Å². The quantitative estimate of drug-likeness (QED) is 0.907. The van der Waals surface area contributed by atoms with Gasteiger partial charge in [0.1, 0.15) is 0 Å². The van der Waals surface area contributed by atoms with Crippen molar-refractivity contribution in [3.05, 3.63) is 24.0 Å². The van der Waals surface area contributed by atoms with Crippen molar-refractivity contribution in [2.24, 2.45) is 11.8 Å². The van der Waals surface area contributed by atoms with Gasteiger partial charge in [0.2, 0.25) is 5.91 Å². The van der Waals surface area contributed by atoms with Gasteiger partial charge in [-0.15, -0.1) is 0 Å². The summed E-state index contributed by atoms with van der Waals surface area (Å²) in [6.45, 7) is 5.53. The zero-order valence-corrected chi connectivity index (χ0v) is 12.5. The summed E-state index contributed by atoms with van der Waals surface area (Å²) >= 11 is 0. The van der Waals surface area contributed by atoms with Crippen molar-refractivity contribution in [1.29, 1.82) is 0 Å². The van der Waals surface area contributed by atoms with Gasteiger partial charge in [0.25, 0.3) is 0 Å². The van der Waals surface area contributed by atoms with E-state index in [9.17, 15) is 9.18 Å². The van der Waals surface area contributed by atoms with Crippen LogP contribution in [-0.4, -0.2) is 25.7 Å². The summed E-state index contributed by atoms with van der Waals surface area (Å²) < 4.78 is 24.2. The summed E-state index contributed by atoms with van der Waals surface area (Å²) in [6.07, 6.45) is 1.79. The molecule has 0 bridgehead atoms. The predicted molar refractivity (Wildman–Crippen MR) is 78.9 cm³/mol. The lowest BCUT2D eigenvalue weighted by Crippen LogP contribution is -2.30. The van der Waals surface area contributed by atoms with Gasteiger partial charge in [-0.3, -0.25) is 4.79 Å². The van der Waals surface area contributed by atoms with E-state index < -0.39 is 5.82 Å². The summed E-state index contributed by atoms with van der Waals surface area (Å²) in [6, 6.07) is 4.48. The molecule has 1 aromatic rings. The van der Waals surface area contributed by atoms with Crippen LogP contribution >= 0.6 is 0 Å². The zero-order chi connectivity index (χ0) is 15.2. The second-order valence-corrected chi connectivity index (χ2v) is 5.31. The van der Waals surface area contributed by atoms with Crippen molar-refractivity contribution in [1.82, 2.24) is 0 Å². The Kier molecular flexibility index (Phi) is 5.56. The fraction of sp³-hybridized carbons (Fsp3) is 0.562. The number of nitrogens with one attached hydrogen (secondary N) is 1. The number of amides is 1. The molecule has 0 spiro atoms. The van der Waals surface area contributed by atoms with Gasteiger partial charge in [0.05, 0.1) is 6.61 Å². The summed E-state index contributed by atoms with van der Waals surface area (Å²) in [4.78, 5) is 12.2. The van der Waals surface area contributed by atoms with Gasteiger partial charge in [-0.2, -0.15) is 0 Å². The molecule has 116 valence electrons. The number of benzene rings is 1. The maximum Gasteiger partial charge on any atom is 0.227 e. The summed E-state index contributed by atoms with van der Waals surface area (Å²) in [5.74, 6) is -0.123. The lowest BCUT2D eigenvalue weighted by atomic mass is 9.87. The molecule has 1 aliphatic rings. The average Bonchev–Trinajstić information content (AvgIpc) is 2.50. The van der Waals surface area contributed by atoms with Crippen LogP contribution in [0, 0.1) is 17.7 Å². The molecule has 2 rings (SSSR count). The third-order valence-corrected chi connectivity index (χ3v) is 3.89. The Morgan fingerprint density at radius 3 is 2.81 bits per heavy atom. The van der Waals surface area contributed by atoms with E-state index in [1.165, 1.54) is 12.1 Å². The van der Waals surface area contributed by atoms with Crippen molar-refractivity contribution in [2.75, 3.05) is 25.1 Å².